The van der Waals surface area contributed by atoms with Gasteiger partial charge in [0.1, 0.15) is 0 Å². The smallest absolute Gasteiger partial charge is 0.325 e. The zero-order valence-electron chi connectivity index (χ0n) is 13.1. The molecule has 1 saturated heterocycles. The second kappa shape index (κ2) is 5.75. The minimum absolute atomic E-state index is 0.296. The van der Waals surface area contributed by atoms with Crippen molar-refractivity contribution in [2.75, 3.05) is 26.7 Å². The summed E-state index contributed by atoms with van der Waals surface area (Å²) in [5, 5.41) is 2.38. The molecule has 2 unspecified atom stereocenters. The number of nitrogens with zero attached hydrogens (tertiary/aromatic N) is 4. The summed E-state index contributed by atoms with van der Waals surface area (Å²) in [7, 11) is 1.66. The predicted octanol–water partition coefficient (Wildman–Crippen LogP) is 0.452. The lowest BCUT2D eigenvalue weighted by molar-refractivity contribution is -0.127. The lowest BCUT2D eigenvalue weighted by Crippen LogP contribution is -2.64. The predicted molar refractivity (Wildman–Crippen MR) is 80.8 cm³/mol. The molecule has 2 rings (SSSR count). The van der Waals surface area contributed by atoms with Crippen molar-refractivity contribution in [3.63, 3.8) is 0 Å². The summed E-state index contributed by atoms with van der Waals surface area (Å²) >= 11 is 0. The van der Waals surface area contributed by atoms with E-state index in [0.29, 0.717) is 6.54 Å². The summed E-state index contributed by atoms with van der Waals surface area (Å²) in [5.74, 6) is 0.463. The van der Waals surface area contributed by atoms with Crippen LogP contribution < -0.4 is 5.32 Å². The summed E-state index contributed by atoms with van der Waals surface area (Å²) < 4.78 is 0. The number of imide groups is 1. The third kappa shape index (κ3) is 2.59. The van der Waals surface area contributed by atoms with Crippen LogP contribution in [0.5, 0.6) is 0 Å². The van der Waals surface area contributed by atoms with Crippen LogP contribution in [0.1, 0.15) is 20.8 Å². The van der Waals surface area contributed by atoms with Gasteiger partial charge in [0, 0.05) is 26.7 Å². The molecule has 7 nitrogen and oxygen atoms in total. The van der Waals surface area contributed by atoms with E-state index in [9.17, 15) is 9.59 Å². The molecule has 3 amide bonds. The Hall–Kier alpha value is -2.05. The number of guanidine groups is 1. The Kier molecular flexibility index (Phi) is 4.20. The largest absolute Gasteiger partial charge is 0.343 e. The van der Waals surface area contributed by atoms with E-state index in [4.69, 9.17) is 0 Å². The number of nitrogens with one attached hydrogen (secondary N) is 1. The number of carbonyl (C=O) groups excluding carboxylic acids is 2. The fraction of sp³-hybridized carbons (Fsp3) is 0.643. The van der Waals surface area contributed by atoms with Gasteiger partial charge in [-0.25, -0.2) is 9.79 Å². The Balaban J connectivity index is 2.39. The van der Waals surface area contributed by atoms with Crippen molar-refractivity contribution in [1.82, 2.24) is 20.0 Å². The van der Waals surface area contributed by atoms with Gasteiger partial charge in [0.2, 0.25) is 0 Å². The van der Waals surface area contributed by atoms with E-state index in [1.165, 1.54) is 4.90 Å². The van der Waals surface area contributed by atoms with Gasteiger partial charge < -0.3 is 14.7 Å². The number of fused-ring (bicyclic) bond motifs is 1. The van der Waals surface area contributed by atoms with E-state index < -0.39 is 18.2 Å². The van der Waals surface area contributed by atoms with Crippen LogP contribution in [0.3, 0.4) is 0 Å². The molecule has 116 valence electrons. The Morgan fingerprint density at radius 3 is 2.52 bits per heavy atom. The maximum Gasteiger partial charge on any atom is 0.325 e. The Morgan fingerprint density at radius 2 is 2.00 bits per heavy atom. The minimum Gasteiger partial charge on any atom is -0.343 e. The van der Waals surface area contributed by atoms with Crippen LogP contribution in [0.25, 0.3) is 0 Å². The van der Waals surface area contributed by atoms with Crippen LogP contribution in [-0.2, 0) is 4.79 Å². The number of rotatable bonds is 4. The molecule has 0 bridgehead atoms. The summed E-state index contributed by atoms with van der Waals surface area (Å²) in [5.41, 5.74) is 0.947. The number of urea groups is 1. The van der Waals surface area contributed by atoms with E-state index >= 15 is 0 Å². The van der Waals surface area contributed by atoms with E-state index in [-0.39, 0.29) is 5.91 Å². The summed E-state index contributed by atoms with van der Waals surface area (Å²) in [6.07, 6.45) is -0.471. The van der Waals surface area contributed by atoms with E-state index in [1.807, 2.05) is 25.7 Å². The summed E-state index contributed by atoms with van der Waals surface area (Å²) in [4.78, 5) is 34.2. The Bertz CT molecular complexity index is 498. The molecule has 2 aliphatic rings. The van der Waals surface area contributed by atoms with Crippen LogP contribution in [0.4, 0.5) is 4.79 Å². The molecule has 0 aromatic rings. The highest BCUT2D eigenvalue weighted by Gasteiger charge is 2.49. The van der Waals surface area contributed by atoms with Gasteiger partial charge in [0.05, 0.1) is 0 Å². The molecule has 2 atom stereocenters. The van der Waals surface area contributed by atoms with Crippen LogP contribution in [0, 0.1) is 0 Å². The third-order valence-corrected chi connectivity index (χ3v) is 3.83. The monoisotopic (exact) mass is 293 g/mol. The van der Waals surface area contributed by atoms with Crippen LogP contribution in [0.2, 0.25) is 0 Å². The van der Waals surface area contributed by atoms with Gasteiger partial charge >= 0.3 is 6.03 Å². The van der Waals surface area contributed by atoms with Crippen molar-refractivity contribution in [1.29, 1.82) is 0 Å². The van der Waals surface area contributed by atoms with E-state index in [2.05, 4.69) is 21.8 Å². The maximum absolute atomic E-state index is 12.2. The highest BCUT2D eigenvalue weighted by atomic mass is 16.2. The molecule has 0 aromatic heterocycles. The minimum atomic E-state index is -0.486. The summed E-state index contributed by atoms with van der Waals surface area (Å²) in [6, 6.07) is -0.888. The first-order valence-corrected chi connectivity index (χ1v) is 7.22. The highest BCUT2D eigenvalue weighted by Crippen LogP contribution is 2.25. The molecule has 0 aromatic carbocycles. The van der Waals surface area contributed by atoms with Crippen LogP contribution in [0.15, 0.2) is 17.1 Å². The van der Waals surface area contributed by atoms with Crippen molar-refractivity contribution in [2.45, 2.75) is 33.0 Å². The summed E-state index contributed by atoms with van der Waals surface area (Å²) in [6.45, 7) is 12.1. The van der Waals surface area contributed by atoms with Crippen molar-refractivity contribution in [3.05, 3.63) is 12.2 Å². The van der Waals surface area contributed by atoms with Crippen molar-refractivity contribution < 1.29 is 9.59 Å². The lowest BCUT2D eigenvalue weighted by atomic mass is 10.1. The molecule has 2 heterocycles. The number of likely N-dealkylation sites (N-methyl/N-ethyl adjacent to an activating group) is 1. The Morgan fingerprint density at radius 1 is 1.38 bits per heavy atom. The van der Waals surface area contributed by atoms with Crippen molar-refractivity contribution in [3.8, 4) is 0 Å². The maximum atomic E-state index is 12.2. The third-order valence-electron chi connectivity index (χ3n) is 3.83. The first-order valence-electron chi connectivity index (χ1n) is 7.22. The zero-order valence-corrected chi connectivity index (χ0v) is 13.1. The fourth-order valence-corrected chi connectivity index (χ4v) is 2.74. The number of amides is 3. The molecule has 7 heteroatoms. The molecular formula is C14H23N5O2. The molecule has 2 aliphatic heterocycles. The van der Waals surface area contributed by atoms with E-state index in [1.54, 1.807) is 7.05 Å². The molecule has 0 aliphatic carbocycles. The van der Waals surface area contributed by atoms with Crippen molar-refractivity contribution in [2.24, 2.45) is 4.99 Å². The molecule has 21 heavy (non-hydrogen) atoms. The first-order chi connectivity index (χ1) is 9.90. The van der Waals surface area contributed by atoms with Gasteiger partial charge in [0.25, 0.3) is 5.91 Å². The van der Waals surface area contributed by atoms with Gasteiger partial charge in [-0.05, 0) is 20.8 Å². The molecule has 1 fully saturated rings. The molecule has 0 radical (unpaired) electrons. The lowest BCUT2D eigenvalue weighted by Gasteiger charge is -2.37. The second-order valence-corrected chi connectivity index (χ2v) is 5.45. The second-order valence-electron chi connectivity index (χ2n) is 5.45. The topological polar surface area (TPSA) is 68.2 Å². The molecule has 1 N–H and O–H groups in total. The first kappa shape index (κ1) is 15.3. The fourth-order valence-electron chi connectivity index (χ4n) is 2.74. The van der Waals surface area contributed by atoms with Crippen LogP contribution >= 0.6 is 0 Å². The number of hydrogen-bond donors (Lipinski definition) is 1. The zero-order chi connectivity index (χ0) is 15.7. The standard InChI is InChI=1S/C14H23N5O2/c1-6-18(7-2)13-15-11-10(19(13)8-9(3)4)12(20)16-14(21)17(11)5/h10-11H,3,6-8H2,1-2,4-5H3,(H,16,20,21). The Labute approximate surface area is 125 Å². The van der Waals surface area contributed by atoms with Gasteiger partial charge in [0.15, 0.2) is 18.2 Å². The van der Waals surface area contributed by atoms with Crippen molar-refractivity contribution >= 4 is 17.9 Å². The number of aliphatic imine (C=N–C) groups is 1. The van der Waals surface area contributed by atoms with Crippen LogP contribution in [-0.4, -0.2) is 71.5 Å². The SMILES string of the molecule is C=C(C)CN1C(N(CC)CC)=NC2C1C(=O)NC(=O)N2C. The normalized spacial score (nSPS) is 24.7. The average molecular weight is 293 g/mol. The average Bonchev–Trinajstić information content (AvgIpc) is 2.77. The number of hydrogen-bond acceptors (Lipinski definition) is 5. The van der Waals surface area contributed by atoms with Gasteiger partial charge in [-0.3, -0.25) is 10.1 Å². The number of carbonyl (C=O) groups is 2. The molecule has 0 saturated carbocycles. The molecular weight excluding hydrogens is 270 g/mol. The molecule has 0 spiro atoms. The highest BCUT2D eigenvalue weighted by molar-refractivity contribution is 6.03. The van der Waals surface area contributed by atoms with E-state index in [0.717, 1.165) is 24.6 Å². The quantitative estimate of drug-likeness (QED) is 0.764. The van der Waals surface area contributed by atoms with Gasteiger partial charge in [-0.15, -0.1) is 0 Å². The van der Waals surface area contributed by atoms with Gasteiger partial charge in [-0.2, -0.15) is 0 Å². The van der Waals surface area contributed by atoms with Gasteiger partial charge in [-0.1, -0.05) is 12.2 Å².